The number of nitrogens with two attached hydrogens (primary N) is 1. The standard InChI is InChI=1S/C24H29N5O5S2/c1-12-20-19(13(2)30)23(32)29(20)21(24(33)34)22(12)36-16-7-14(26-8-16)3-4-15-10-35-18-9-27(11-28(15)18)6-5-17(25)31/h3-4,9-14,16,19-20,26,30H,5-8H2,1-2H3,(H2-,25,31,33,34)/p+1/b4-3-/t12-,13-,14-,16+,19-,20-/m1/s1. The number of β-lactam (4-membered cyclic amide) rings is 1. The van der Waals surface area contributed by atoms with Gasteiger partial charge in [0.15, 0.2) is 0 Å². The topological polar surface area (TPSA) is 141 Å². The molecule has 2 saturated heterocycles. The number of fused-ring (bicyclic) bond motifs is 2. The number of carboxylic acid groups (broad SMARTS) is 1. The summed E-state index contributed by atoms with van der Waals surface area (Å²) >= 11 is 3.17. The van der Waals surface area contributed by atoms with Gasteiger partial charge >= 0.3 is 5.97 Å². The van der Waals surface area contributed by atoms with Crippen molar-refractivity contribution in [1.82, 2.24) is 14.6 Å². The zero-order chi connectivity index (χ0) is 25.7. The Morgan fingerprint density at radius 1 is 1.44 bits per heavy atom. The summed E-state index contributed by atoms with van der Waals surface area (Å²) in [4.78, 5) is 38.8. The summed E-state index contributed by atoms with van der Waals surface area (Å²) in [7, 11) is 0. The highest BCUT2D eigenvalue weighted by molar-refractivity contribution is 8.03. The number of amides is 2. The molecule has 5 N–H and O–H groups in total. The molecule has 2 fully saturated rings. The molecule has 6 atom stereocenters. The van der Waals surface area contributed by atoms with E-state index in [1.165, 1.54) is 4.90 Å². The van der Waals surface area contributed by atoms with Crippen molar-refractivity contribution < 1.29 is 29.2 Å². The smallest absolute Gasteiger partial charge is 0.353 e. The van der Waals surface area contributed by atoms with Crippen molar-refractivity contribution in [2.75, 3.05) is 6.54 Å². The molecule has 0 aromatic carbocycles. The number of hydrogen-bond acceptors (Lipinski definition) is 7. The van der Waals surface area contributed by atoms with Crippen molar-refractivity contribution >= 4 is 51.8 Å². The minimum Gasteiger partial charge on any atom is -0.477 e. The Hall–Kier alpha value is -2.67. The number of aliphatic hydroxyl groups excluding tert-OH is 1. The molecule has 0 saturated carbocycles. The molecule has 10 nitrogen and oxygen atoms in total. The number of thioether (sulfide) groups is 1. The highest BCUT2D eigenvalue weighted by Gasteiger charge is 2.60. The van der Waals surface area contributed by atoms with Crippen LogP contribution in [0.2, 0.25) is 0 Å². The van der Waals surface area contributed by atoms with Crippen LogP contribution in [0.4, 0.5) is 0 Å². The zero-order valence-electron chi connectivity index (χ0n) is 20.0. The van der Waals surface area contributed by atoms with E-state index in [1.54, 1.807) is 30.0 Å². The average Bonchev–Trinajstić information content (AvgIpc) is 3.55. The Morgan fingerprint density at radius 3 is 2.92 bits per heavy atom. The van der Waals surface area contributed by atoms with Crippen molar-refractivity contribution in [2.45, 2.75) is 56.7 Å². The van der Waals surface area contributed by atoms with E-state index in [-0.39, 0.29) is 40.8 Å². The van der Waals surface area contributed by atoms with Crippen LogP contribution in [0.5, 0.6) is 0 Å². The summed E-state index contributed by atoms with van der Waals surface area (Å²) in [5, 5.41) is 25.6. The molecule has 2 amide bonds. The average molecular weight is 533 g/mol. The number of aromatic nitrogens is 2. The monoisotopic (exact) mass is 532 g/mol. The molecule has 0 bridgehead atoms. The number of hydrogen-bond donors (Lipinski definition) is 4. The van der Waals surface area contributed by atoms with Crippen molar-refractivity contribution in [1.29, 1.82) is 0 Å². The van der Waals surface area contributed by atoms with Crippen LogP contribution in [0.1, 0.15) is 32.4 Å². The third-order valence-corrected chi connectivity index (χ3v) is 9.62. The normalized spacial score (nSPS) is 28.8. The number of thiazole rings is 1. The van der Waals surface area contributed by atoms with Crippen LogP contribution >= 0.6 is 23.1 Å². The molecule has 3 aliphatic heterocycles. The lowest BCUT2D eigenvalue weighted by Gasteiger charge is -2.46. The van der Waals surface area contributed by atoms with Gasteiger partial charge in [-0.3, -0.25) is 9.59 Å². The van der Waals surface area contributed by atoms with E-state index in [0.29, 0.717) is 13.0 Å². The van der Waals surface area contributed by atoms with Crippen LogP contribution in [-0.4, -0.2) is 67.3 Å². The number of primary amides is 1. The molecule has 2 aromatic rings. The van der Waals surface area contributed by atoms with E-state index < -0.39 is 18.0 Å². The molecule has 12 heteroatoms. The Balaban J connectivity index is 1.25. The molecule has 192 valence electrons. The highest BCUT2D eigenvalue weighted by Crippen LogP contribution is 2.51. The molecule has 0 aliphatic carbocycles. The summed E-state index contributed by atoms with van der Waals surface area (Å²) in [6.07, 6.45) is 8.49. The molecule has 2 aromatic heterocycles. The molecule has 36 heavy (non-hydrogen) atoms. The molecular formula is C24H30N5O5S2+. The molecule has 0 radical (unpaired) electrons. The minimum absolute atomic E-state index is 0.0799. The molecule has 0 spiro atoms. The fraction of sp³-hybridized carbons (Fsp3) is 0.500. The van der Waals surface area contributed by atoms with Gasteiger partial charge < -0.3 is 26.2 Å². The van der Waals surface area contributed by atoms with Crippen molar-refractivity contribution in [3.8, 4) is 0 Å². The summed E-state index contributed by atoms with van der Waals surface area (Å²) in [5.74, 6) is -2.39. The van der Waals surface area contributed by atoms with Crippen LogP contribution in [0.25, 0.3) is 10.9 Å². The molecule has 5 rings (SSSR count). The van der Waals surface area contributed by atoms with Gasteiger partial charge in [0.05, 0.1) is 31.0 Å². The zero-order valence-corrected chi connectivity index (χ0v) is 21.7. The van der Waals surface area contributed by atoms with Crippen LogP contribution in [0.15, 0.2) is 34.6 Å². The summed E-state index contributed by atoms with van der Waals surface area (Å²) in [6, 6.07) is -0.145. The van der Waals surface area contributed by atoms with Gasteiger partial charge in [-0.05, 0) is 19.4 Å². The van der Waals surface area contributed by atoms with Crippen molar-refractivity contribution in [3.63, 3.8) is 0 Å². The van der Waals surface area contributed by atoms with E-state index in [0.717, 1.165) is 28.4 Å². The fourth-order valence-electron chi connectivity index (χ4n) is 5.42. The number of aliphatic carboxylic acids is 1. The number of aliphatic hydroxyl groups is 1. The third-order valence-electron chi connectivity index (χ3n) is 7.20. The van der Waals surface area contributed by atoms with Gasteiger partial charge in [0.25, 0.3) is 0 Å². The predicted octanol–water partition coefficient (Wildman–Crippen LogP) is 0.794. The summed E-state index contributed by atoms with van der Waals surface area (Å²) < 4.78 is 4.04. The van der Waals surface area contributed by atoms with Crippen LogP contribution in [-0.2, 0) is 20.9 Å². The second-order valence-corrected chi connectivity index (χ2v) is 11.9. The first-order valence-electron chi connectivity index (χ1n) is 12.0. The number of carbonyl (C=O) groups is 3. The van der Waals surface area contributed by atoms with Crippen LogP contribution in [0, 0.1) is 11.8 Å². The number of imidazole rings is 1. The molecule has 5 heterocycles. The van der Waals surface area contributed by atoms with Gasteiger partial charge in [-0.1, -0.05) is 24.3 Å². The van der Waals surface area contributed by atoms with Gasteiger partial charge in [-0.2, -0.15) is 4.40 Å². The minimum atomic E-state index is -1.09. The number of rotatable bonds is 9. The van der Waals surface area contributed by atoms with Gasteiger partial charge in [-0.15, -0.1) is 11.8 Å². The second-order valence-electron chi connectivity index (χ2n) is 9.69. The van der Waals surface area contributed by atoms with E-state index in [1.807, 2.05) is 24.0 Å². The predicted molar refractivity (Wildman–Crippen MR) is 136 cm³/mol. The largest absolute Gasteiger partial charge is 0.477 e. The Kier molecular flexibility index (Phi) is 6.70. The molecule has 0 unspecified atom stereocenters. The number of aryl methyl sites for hydroxylation is 1. The third kappa shape index (κ3) is 4.36. The first kappa shape index (κ1) is 25.0. The Morgan fingerprint density at radius 2 is 2.22 bits per heavy atom. The number of carbonyl (C=O) groups excluding carboxylic acids is 2. The SMILES string of the molecule is C[C@@H](O)[C@H]1C(=O)N2C(C(=O)O)=C(S[C@@H]3CN[C@H](/C=C\c4csc5c[n+](CCC(N)=O)cn45)C3)[C@H](C)[C@H]12. The maximum atomic E-state index is 12.6. The first-order valence-corrected chi connectivity index (χ1v) is 13.8. The number of nitrogens with zero attached hydrogens (tertiary/aromatic N) is 3. The quantitative estimate of drug-likeness (QED) is 0.276. The van der Waals surface area contributed by atoms with Gasteiger partial charge in [0.2, 0.25) is 23.0 Å². The second kappa shape index (κ2) is 9.66. The highest BCUT2D eigenvalue weighted by atomic mass is 32.2. The van der Waals surface area contributed by atoms with Crippen LogP contribution in [0.3, 0.4) is 0 Å². The number of carboxylic acids is 1. The lowest BCUT2D eigenvalue weighted by Crippen LogP contribution is -2.63. The van der Waals surface area contributed by atoms with E-state index in [4.69, 9.17) is 5.73 Å². The van der Waals surface area contributed by atoms with E-state index in [2.05, 4.69) is 27.2 Å². The lowest BCUT2D eigenvalue weighted by atomic mass is 9.79. The first-order chi connectivity index (χ1) is 17.2. The van der Waals surface area contributed by atoms with Gasteiger partial charge in [0.1, 0.15) is 17.6 Å². The van der Waals surface area contributed by atoms with E-state index in [9.17, 15) is 24.6 Å². The fourth-order valence-corrected chi connectivity index (χ4v) is 7.81. The summed E-state index contributed by atoms with van der Waals surface area (Å²) in [5.41, 5.74) is 6.37. The maximum Gasteiger partial charge on any atom is 0.353 e. The van der Waals surface area contributed by atoms with Crippen molar-refractivity contribution in [2.24, 2.45) is 17.6 Å². The maximum absolute atomic E-state index is 12.6. The van der Waals surface area contributed by atoms with Crippen molar-refractivity contribution in [3.05, 3.63) is 40.3 Å². The number of nitrogens with one attached hydrogen (secondary N) is 1. The Labute approximate surface area is 216 Å². The van der Waals surface area contributed by atoms with E-state index >= 15 is 0 Å². The summed E-state index contributed by atoms with van der Waals surface area (Å²) in [6.45, 7) is 4.82. The Bertz CT molecular complexity index is 1280. The van der Waals surface area contributed by atoms with Crippen LogP contribution < -0.4 is 15.6 Å². The van der Waals surface area contributed by atoms with Gasteiger partial charge in [0, 0.05) is 34.0 Å². The van der Waals surface area contributed by atoms with Gasteiger partial charge in [-0.25, -0.2) is 9.36 Å². The lowest BCUT2D eigenvalue weighted by molar-refractivity contribution is -0.694. The molecule has 3 aliphatic rings. The molecular weight excluding hydrogens is 502 g/mol.